The Hall–Kier alpha value is -3.99. The van der Waals surface area contributed by atoms with E-state index >= 15 is 0 Å². The van der Waals surface area contributed by atoms with Gasteiger partial charge in [0, 0.05) is 11.7 Å². The van der Waals surface area contributed by atoms with E-state index in [9.17, 15) is 14.4 Å². The Balaban J connectivity index is 2.49. The molecule has 2 rings (SSSR count). The number of methoxy groups -OCH3 is 1. The summed E-state index contributed by atoms with van der Waals surface area (Å²) < 4.78 is 10.5. The zero-order valence-electron chi connectivity index (χ0n) is 22.8. The maximum atomic E-state index is 13.8. The summed E-state index contributed by atoms with van der Waals surface area (Å²) in [5.41, 5.74) is 2.03. The summed E-state index contributed by atoms with van der Waals surface area (Å²) in [7, 11) is 1.55. The lowest BCUT2D eigenvalue weighted by Crippen LogP contribution is -2.53. The van der Waals surface area contributed by atoms with Crippen LogP contribution >= 0.6 is 0 Å². The summed E-state index contributed by atoms with van der Waals surface area (Å²) in [5.74, 6) is -0.790. The van der Waals surface area contributed by atoms with Gasteiger partial charge in [0.25, 0.3) is 11.8 Å². The van der Waals surface area contributed by atoms with Crippen LogP contribution in [0.5, 0.6) is 5.75 Å². The Kier molecular flexibility index (Phi) is 9.73. The van der Waals surface area contributed by atoms with Crippen molar-refractivity contribution in [1.82, 2.24) is 10.2 Å². The van der Waals surface area contributed by atoms with Crippen LogP contribution < -0.4 is 15.4 Å². The van der Waals surface area contributed by atoms with E-state index in [1.165, 1.54) is 0 Å². The number of amides is 3. The van der Waals surface area contributed by atoms with Gasteiger partial charge in [-0.1, -0.05) is 44.0 Å². The third-order valence-electron chi connectivity index (χ3n) is 5.57. The number of rotatable bonds is 8. The predicted octanol–water partition coefficient (Wildman–Crippen LogP) is 4.96. The van der Waals surface area contributed by atoms with Crippen molar-refractivity contribution in [3.05, 3.63) is 59.2 Å². The smallest absolute Gasteiger partial charge is 0.408 e. The molecule has 0 aliphatic heterocycles. The Bertz CT molecular complexity index is 1160. The molecule has 0 spiro atoms. The third kappa shape index (κ3) is 8.01. The quantitative estimate of drug-likeness (QED) is 0.389. The van der Waals surface area contributed by atoms with E-state index in [0.717, 1.165) is 16.0 Å². The van der Waals surface area contributed by atoms with E-state index in [-0.39, 0.29) is 5.92 Å². The van der Waals surface area contributed by atoms with Gasteiger partial charge >= 0.3 is 6.09 Å². The zero-order valence-corrected chi connectivity index (χ0v) is 22.8. The van der Waals surface area contributed by atoms with E-state index < -0.39 is 35.6 Å². The molecule has 2 atom stereocenters. The fraction of sp³-hybridized carbons (Fsp3) is 0.414. The lowest BCUT2D eigenvalue weighted by molar-refractivity contribution is -0.137. The fourth-order valence-electron chi connectivity index (χ4n) is 3.70. The first-order chi connectivity index (χ1) is 17.3. The Labute approximate surface area is 219 Å². The molecule has 0 radical (unpaired) electrons. The van der Waals surface area contributed by atoms with Crippen LogP contribution in [-0.4, -0.2) is 41.6 Å². The van der Waals surface area contributed by atoms with Crippen LogP contribution in [0.15, 0.2) is 42.5 Å². The average molecular weight is 508 g/mol. The molecular formula is C29H37N3O5. The molecule has 37 heavy (non-hydrogen) atoms. The normalized spacial score (nSPS) is 12.6. The highest BCUT2D eigenvalue weighted by molar-refractivity contribution is 6.00. The van der Waals surface area contributed by atoms with Gasteiger partial charge in [-0.2, -0.15) is 0 Å². The number of hydrogen-bond acceptors (Lipinski definition) is 5. The molecule has 2 unspecified atom stereocenters. The van der Waals surface area contributed by atoms with Gasteiger partial charge in [-0.05, 0) is 75.9 Å². The second-order valence-electron chi connectivity index (χ2n) is 10.2. The third-order valence-corrected chi connectivity index (χ3v) is 5.57. The molecule has 0 bridgehead atoms. The molecule has 0 aliphatic rings. The first kappa shape index (κ1) is 29.2. The SMILES string of the molecule is C#CN(C(=O)C(NC(=O)OC(C)(C)C)C(C)C)C(C(=O)Nc1ccc(OC)cc1)c1cc(C)ccc1C. The lowest BCUT2D eigenvalue weighted by atomic mass is 9.95. The van der Waals surface area contributed by atoms with Crippen LogP contribution in [0.3, 0.4) is 0 Å². The highest BCUT2D eigenvalue weighted by atomic mass is 16.6. The van der Waals surface area contributed by atoms with Crippen LogP contribution in [0, 0.1) is 32.2 Å². The standard InChI is InChI=1S/C29H37N3O5/c1-10-32(27(34)24(18(2)3)31-28(35)37-29(6,7)8)25(23-17-19(4)11-12-20(23)5)26(33)30-21-13-15-22(36-9)16-14-21/h1,11-18,24-25H,2-9H3,(H,30,33)(H,31,35). The molecular weight excluding hydrogens is 470 g/mol. The molecule has 198 valence electrons. The first-order valence-electron chi connectivity index (χ1n) is 12.1. The number of alkyl carbamates (subject to hydrolysis) is 1. The summed E-state index contributed by atoms with van der Waals surface area (Å²) >= 11 is 0. The van der Waals surface area contributed by atoms with Crippen LogP contribution in [-0.2, 0) is 14.3 Å². The van der Waals surface area contributed by atoms with E-state index in [0.29, 0.717) is 17.0 Å². The monoisotopic (exact) mass is 507 g/mol. The van der Waals surface area contributed by atoms with Gasteiger partial charge in [0.15, 0.2) is 0 Å². The first-order valence-corrected chi connectivity index (χ1v) is 12.1. The van der Waals surface area contributed by atoms with Crippen molar-refractivity contribution in [3.8, 4) is 18.2 Å². The predicted molar refractivity (Wildman–Crippen MR) is 144 cm³/mol. The number of nitrogens with zero attached hydrogens (tertiary/aromatic N) is 1. The number of carbonyl (C=O) groups excluding carboxylic acids is 3. The Morgan fingerprint density at radius 2 is 1.65 bits per heavy atom. The number of benzene rings is 2. The highest BCUT2D eigenvalue weighted by Gasteiger charge is 2.37. The van der Waals surface area contributed by atoms with Gasteiger partial charge in [0.05, 0.1) is 7.11 Å². The summed E-state index contributed by atoms with van der Waals surface area (Å²) in [5, 5.41) is 5.48. The molecule has 8 nitrogen and oxygen atoms in total. The van der Waals surface area contributed by atoms with Crippen molar-refractivity contribution in [2.24, 2.45) is 5.92 Å². The molecule has 0 aliphatic carbocycles. The molecule has 0 heterocycles. The number of ether oxygens (including phenoxy) is 2. The van der Waals surface area contributed by atoms with Crippen molar-refractivity contribution in [2.45, 2.75) is 66.2 Å². The van der Waals surface area contributed by atoms with Gasteiger partial charge in [0.1, 0.15) is 23.4 Å². The molecule has 2 aromatic carbocycles. The van der Waals surface area contributed by atoms with E-state index in [4.69, 9.17) is 15.9 Å². The lowest BCUT2D eigenvalue weighted by Gasteiger charge is -2.32. The number of anilines is 1. The minimum atomic E-state index is -1.15. The Morgan fingerprint density at radius 1 is 1.03 bits per heavy atom. The van der Waals surface area contributed by atoms with E-state index in [1.54, 1.807) is 66.0 Å². The van der Waals surface area contributed by atoms with Gasteiger partial charge in [-0.3, -0.25) is 14.5 Å². The van der Waals surface area contributed by atoms with Gasteiger partial charge in [-0.25, -0.2) is 4.79 Å². The van der Waals surface area contributed by atoms with Crippen molar-refractivity contribution < 1.29 is 23.9 Å². The number of hydrogen-bond donors (Lipinski definition) is 2. The Morgan fingerprint density at radius 3 is 2.16 bits per heavy atom. The van der Waals surface area contributed by atoms with E-state index in [1.807, 2.05) is 32.0 Å². The highest BCUT2D eigenvalue weighted by Crippen LogP contribution is 2.28. The topological polar surface area (TPSA) is 97.0 Å². The summed E-state index contributed by atoms with van der Waals surface area (Å²) in [6.45, 7) is 12.5. The second-order valence-corrected chi connectivity index (χ2v) is 10.2. The fourth-order valence-corrected chi connectivity index (χ4v) is 3.70. The number of aryl methyl sites for hydroxylation is 2. The molecule has 0 saturated heterocycles. The van der Waals surface area contributed by atoms with Crippen molar-refractivity contribution in [3.63, 3.8) is 0 Å². The average Bonchev–Trinajstić information content (AvgIpc) is 2.81. The maximum Gasteiger partial charge on any atom is 0.408 e. The van der Waals surface area contributed by atoms with Crippen molar-refractivity contribution in [2.75, 3.05) is 12.4 Å². The number of terminal acetylenes is 1. The minimum absolute atomic E-state index is 0.334. The largest absolute Gasteiger partial charge is 0.497 e. The van der Waals surface area contributed by atoms with Gasteiger partial charge in [0.2, 0.25) is 0 Å². The molecule has 2 aromatic rings. The molecule has 0 aromatic heterocycles. The van der Waals surface area contributed by atoms with Crippen molar-refractivity contribution >= 4 is 23.6 Å². The molecule has 0 fully saturated rings. The zero-order chi connectivity index (χ0) is 27.9. The second kappa shape index (κ2) is 12.3. The summed E-state index contributed by atoms with van der Waals surface area (Å²) in [4.78, 5) is 41.0. The van der Waals surface area contributed by atoms with Gasteiger partial charge in [-0.15, -0.1) is 0 Å². The molecule has 0 saturated carbocycles. The molecule has 8 heteroatoms. The summed E-state index contributed by atoms with van der Waals surface area (Å²) in [6, 6.07) is 12.7. The van der Waals surface area contributed by atoms with Crippen LogP contribution in [0.25, 0.3) is 0 Å². The number of carbonyl (C=O) groups is 3. The molecule has 2 N–H and O–H groups in total. The van der Waals surface area contributed by atoms with Crippen LogP contribution in [0.1, 0.15) is 57.4 Å². The van der Waals surface area contributed by atoms with Gasteiger partial charge < -0.3 is 20.1 Å². The molecule has 3 amide bonds. The minimum Gasteiger partial charge on any atom is -0.497 e. The van der Waals surface area contributed by atoms with Crippen LogP contribution in [0.2, 0.25) is 0 Å². The number of nitrogens with one attached hydrogen (secondary N) is 2. The van der Waals surface area contributed by atoms with E-state index in [2.05, 4.69) is 16.7 Å². The van der Waals surface area contributed by atoms with Crippen molar-refractivity contribution in [1.29, 1.82) is 0 Å². The van der Waals surface area contributed by atoms with Crippen LogP contribution in [0.4, 0.5) is 10.5 Å². The maximum absolute atomic E-state index is 13.8. The summed E-state index contributed by atoms with van der Waals surface area (Å²) in [6.07, 6.45) is 5.11.